The Hall–Kier alpha value is -0.400. The van der Waals surface area contributed by atoms with Gasteiger partial charge < -0.3 is 14.5 Å². The van der Waals surface area contributed by atoms with Crippen molar-refractivity contribution in [2.24, 2.45) is 0 Å². The fraction of sp³-hybridized carbons (Fsp3) is 0.462. The molecule has 2 heterocycles. The van der Waals surface area contributed by atoms with Crippen molar-refractivity contribution >= 4 is 45.8 Å². The summed E-state index contributed by atoms with van der Waals surface area (Å²) in [5.41, 5.74) is 2.37. The Morgan fingerprint density at radius 2 is 2.33 bits per heavy atom. The van der Waals surface area contributed by atoms with Gasteiger partial charge in [0.25, 0.3) is 0 Å². The zero-order chi connectivity index (χ0) is 12.7. The van der Waals surface area contributed by atoms with E-state index in [0.717, 1.165) is 16.8 Å². The molecule has 1 aromatic heterocycles. The number of hydrogen-bond acceptors (Lipinski definition) is 2. The van der Waals surface area contributed by atoms with E-state index in [2.05, 4.69) is 62.3 Å². The molecule has 0 amide bonds. The monoisotopic (exact) mass is 373 g/mol. The lowest BCUT2D eigenvalue weighted by atomic mass is 10.2. The molecule has 2 aromatic rings. The predicted molar refractivity (Wildman–Crippen MR) is 85.5 cm³/mol. The lowest BCUT2D eigenvalue weighted by Gasteiger charge is -2.20. The summed E-state index contributed by atoms with van der Waals surface area (Å²) in [6.45, 7) is 2.20. The van der Waals surface area contributed by atoms with Crippen LogP contribution in [0.1, 0.15) is 12.8 Å². The van der Waals surface area contributed by atoms with Gasteiger partial charge in [-0.15, -0.1) is 0 Å². The van der Waals surface area contributed by atoms with E-state index in [1.54, 1.807) is 0 Å². The number of nitrogens with zero attached hydrogens (tertiary/aromatic N) is 2. The first kappa shape index (κ1) is 12.6. The minimum absolute atomic E-state index is 0.620. The van der Waals surface area contributed by atoms with Crippen molar-refractivity contribution in [1.82, 2.24) is 14.5 Å². The number of H-pyrrole nitrogens is 1. The highest BCUT2D eigenvalue weighted by molar-refractivity contribution is 14.1. The maximum Gasteiger partial charge on any atom is 0.178 e. The molecule has 1 aliphatic heterocycles. The van der Waals surface area contributed by atoms with Crippen LogP contribution in [0.2, 0.25) is 0 Å². The molecule has 0 saturated carbocycles. The molecule has 96 valence electrons. The third kappa shape index (κ3) is 2.23. The van der Waals surface area contributed by atoms with E-state index in [-0.39, 0.29) is 0 Å². The first-order valence-electron chi connectivity index (χ1n) is 6.23. The zero-order valence-corrected chi connectivity index (χ0v) is 13.3. The van der Waals surface area contributed by atoms with E-state index in [1.807, 2.05) is 0 Å². The van der Waals surface area contributed by atoms with Gasteiger partial charge in [0, 0.05) is 16.2 Å². The van der Waals surface area contributed by atoms with E-state index in [4.69, 9.17) is 12.2 Å². The topological polar surface area (TPSA) is 24.0 Å². The third-order valence-electron chi connectivity index (χ3n) is 3.80. The van der Waals surface area contributed by atoms with Crippen LogP contribution in [0.4, 0.5) is 0 Å². The molecule has 0 spiro atoms. The number of nitrogens with one attached hydrogen (secondary N) is 1. The Labute approximate surface area is 125 Å². The highest BCUT2D eigenvalue weighted by atomic mass is 127. The van der Waals surface area contributed by atoms with Crippen molar-refractivity contribution in [3.8, 4) is 0 Å². The molecule has 1 saturated heterocycles. The van der Waals surface area contributed by atoms with Crippen molar-refractivity contribution in [3.05, 3.63) is 26.5 Å². The Morgan fingerprint density at radius 3 is 3.06 bits per heavy atom. The van der Waals surface area contributed by atoms with E-state index < -0.39 is 0 Å². The van der Waals surface area contributed by atoms with Gasteiger partial charge in [0.2, 0.25) is 0 Å². The molecule has 0 radical (unpaired) electrons. The summed E-state index contributed by atoms with van der Waals surface area (Å²) in [6, 6.07) is 7.08. The summed E-state index contributed by atoms with van der Waals surface area (Å²) < 4.78 is 4.32. The minimum Gasteiger partial charge on any atom is -0.331 e. The maximum atomic E-state index is 5.46. The van der Waals surface area contributed by atoms with Gasteiger partial charge in [-0.25, -0.2) is 0 Å². The van der Waals surface area contributed by atoms with E-state index in [0.29, 0.717) is 6.04 Å². The van der Waals surface area contributed by atoms with Crippen LogP contribution in [0.3, 0.4) is 0 Å². The fourth-order valence-electron chi connectivity index (χ4n) is 2.74. The van der Waals surface area contributed by atoms with Crippen LogP contribution in [0.5, 0.6) is 0 Å². The number of likely N-dealkylation sites (N-methyl/N-ethyl adjacent to an activating group) is 1. The molecule has 18 heavy (non-hydrogen) atoms. The smallest absolute Gasteiger partial charge is 0.178 e. The summed E-state index contributed by atoms with van der Waals surface area (Å²) in [5, 5.41) is 0. The van der Waals surface area contributed by atoms with Crippen LogP contribution in [-0.4, -0.2) is 34.1 Å². The lowest BCUT2D eigenvalue weighted by molar-refractivity contribution is 0.283. The Balaban J connectivity index is 2.01. The van der Waals surface area contributed by atoms with Crippen molar-refractivity contribution in [2.75, 3.05) is 13.6 Å². The summed E-state index contributed by atoms with van der Waals surface area (Å²) in [5.74, 6) is 0. The number of likely N-dealkylation sites (tertiary alicyclic amines) is 1. The van der Waals surface area contributed by atoms with E-state index in [9.17, 15) is 0 Å². The van der Waals surface area contributed by atoms with Crippen LogP contribution < -0.4 is 0 Å². The normalized spacial score (nSPS) is 20.9. The Morgan fingerprint density at radius 1 is 1.50 bits per heavy atom. The predicted octanol–water partition coefficient (Wildman–Crippen LogP) is 3.40. The molecule has 1 fully saturated rings. The van der Waals surface area contributed by atoms with Crippen LogP contribution in [0.15, 0.2) is 18.2 Å². The first-order valence-corrected chi connectivity index (χ1v) is 7.72. The Bertz CT molecular complexity index is 631. The number of aromatic amines is 1. The molecule has 1 aromatic carbocycles. The number of hydrogen-bond donors (Lipinski definition) is 1. The highest BCUT2D eigenvalue weighted by Crippen LogP contribution is 2.21. The maximum absolute atomic E-state index is 5.46. The highest BCUT2D eigenvalue weighted by Gasteiger charge is 2.22. The second-order valence-corrected chi connectivity index (χ2v) is 6.61. The molecular weight excluding hydrogens is 357 g/mol. The van der Waals surface area contributed by atoms with Gasteiger partial charge in [0.15, 0.2) is 4.77 Å². The fourth-order valence-corrected chi connectivity index (χ4v) is 3.51. The van der Waals surface area contributed by atoms with Gasteiger partial charge >= 0.3 is 0 Å². The number of aromatic nitrogens is 2. The van der Waals surface area contributed by atoms with E-state index >= 15 is 0 Å². The summed E-state index contributed by atoms with van der Waals surface area (Å²) >= 11 is 7.79. The quantitative estimate of drug-likeness (QED) is 0.645. The van der Waals surface area contributed by atoms with Gasteiger partial charge in [-0.2, -0.15) is 0 Å². The molecule has 1 atom stereocenters. The van der Waals surface area contributed by atoms with Crippen LogP contribution >= 0.6 is 34.8 Å². The average Bonchev–Trinajstić information content (AvgIpc) is 2.85. The first-order chi connectivity index (χ1) is 8.65. The summed E-state index contributed by atoms with van der Waals surface area (Å²) in [4.78, 5) is 5.75. The number of rotatable bonds is 2. The number of halogens is 1. The average molecular weight is 373 g/mol. The van der Waals surface area contributed by atoms with Crippen molar-refractivity contribution < 1.29 is 0 Å². The third-order valence-corrected chi connectivity index (χ3v) is 4.79. The molecule has 0 aliphatic carbocycles. The SMILES string of the molecule is CN1CCCC1Cn1c(=S)[nH]c2cc(I)ccc21. The second kappa shape index (κ2) is 4.94. The van der Waals surface area contributed by atoms with Crippen LogP contribution in [0, 0.1) is 8.34 Å². The van der Waals surface area contributed by atoms with Crippen molar-refractivity contribution in [3.63, 3.8) is 0 Å². The molecule has 3 rings (SSSR count). The molecule has 5 heteroatoms. The molecular formula is C13H16IN3S. The lowest BCUT2D eigenvalue weighted by Crippen LogP contribution is -2.29. The van der Waals surface area contributed by atoms with Gasteiger partial charge in [-0.1, -0.05) is 0 Å². The van der Waals surface area contributed by atoms with Gasteiger partial charge in [0.1, 0.15) is 0 Å². The largest absolute Gasteiger partial charge is 0.331 e. The van der Waals surface area contributed by atoms with E-state index in [1.165, 1.54) is 28.5 Å². The minimum atomic E-state index is 0.620. The molecule has 1 aliphatic rings. The van der Waals surface area contributed by atoms with Crippen LogP contribution in [-0.2, 0) is 6.54 Å². The summed E-state index contributed by atoms with van der Waals surface area (Å²) in [7, 11) is 2.21. The molecule has 3 nitrogen and oxygen atoms in total. The van der Waals surface area contributed by atoms with Crippen molar-refractivity contribution in [2.45, 2.75) is 25.4 Å². The molecule has 1 unspecified atom stereocenters. The molecule has 0 bridgehead atoms. The number of imidazole rings is 1. The second-order valence-electron chi connectivity index (χ2n) is 4.98. The summed E-state index contributed by atoms with van der Waals surface area (Å²) in [6.07, 6.45) is 2.57. The number of fused-ring (bicyclic) bond motifs is 1. The van der Waals surface area contributed by atoms with Gasteiger partial charge in [-0.3, -0.25) is 0 Å². The zero-order valence-electron chi connectivity index (χ0n) is 10.3. The van der Waals surface area contributed by atoms with Gasteiger partial charge in [-0.05, 0) is 79.4 Å². The van der Waals surface area contributed by atoms with Crippen LogP contribution in [0.25, 0.3) is 11.0 Å². The standard InChI is InChI=1S/C13H16IN3S/c1-16-6-2-3-10(16)8-17-12-5-4-9(14)7-11(12)15-13(17)18/h4-5,7,10H,2-3,6,8H2,1H3,(H,15,18). The Kier molecular flexibility index (Phi) is 3.46. The van der Waals surface area contributed by atoms with Crippen molar-refractivity contribution in [1.29, 1.82) is 0 Å². The van der Waals surface area contributed by atoms with Gasteiger partial charge in [0.05, 0.1) is 11.0 Å². The molecule has 1 N–H and O–H groups in total. The number of benzene rings is 1.